The molecular weight excluding hydrogens is 376 g/mol. The maximum absolute atomic E-state index is 12.2. The van der Waals surface area contributed by atoms with E-state index in [1.165, 1.54) is 17.5 Å². The van der Waals surface area contributed by atoms with Gasteiger partial charge in [0.2, 0.25) is 5.91 Å². The molecule has 30 heavy (non-hydrogen) atoms. The Balaban J connectivity index is 1.60. The number of fused-ring (bicyclic) bond motifs is 1. The van der Waals surface area contributed by atoms with Crippen molar-refractivity contribution < 1.29 is 14.3 Å². The molecule has 4 rings (SSSR count). The molecule has 1 atom stereocenters. The van der Waals surface area contributed by atoms with Gasteiger partial charge < -0.3 is 14.4 Å². The standard InChI is InChI=1S/C25H32N2O3/c1-29-21-13-12-20(24(17-21)30-2)18-27(16-15-26-14-6-11-25(26)28)23-10-5-8-19-7-3-4-9-22(19)23/h3-4,7,9,12-13,17,23H,5-6,8,10-11,14-16,18H2,1-2H3. The fraction of sp³-hybridized carbons (Fsp3) is 0.480. The molecule has 5 nitrogen and oxygen atoms in total. The zero-order valence-corrected chi connectivity index (χ0v) is 18.1. The molecule has 0 radical (unpaired) electrons. The summed E-state index contributed by atoms with van der Waals surface area (Å²) in [5, 5.41) is 0. The number of rotatable bonds is 8. The Bertz CT molecular complexity index is 882. The van der Waals surface area contributed by atoms with E-state index >= 15 is 0 Å². The van der Waals surface area contributed by atoms with Crippen LogP contribution in [0.1, 0.15) is 48.4 Å². The Morgan fingerprint density at radius 2 is 1.93 bits per heavy atom. The van der Waals surface area contributed by atoms with Crippen molar-refractivity contribution in [1.82, 2.24) is 9.80 Å². The molecule has 0 aromatic heterocycles. The molecule has 1 fully saturated rings. The Morgan fingerprint density at radius 3 is 2.70 bits per heavy atom. The number of carbonyl (C=O) groups is 1. The molecule has 0 bridgehead atoms. The zero-order valence-electron chi connectivity index (χ0n) is 18.1. The molecule has 1 aliphatic heterocycles. The van der Waals surface area contributed by atoms with Crippen LogP contribution in [0, 0.1) is 0 Å². The summed E-state index contributed by atoms with van der Waals surface area (Å²) in [5.74, 6) is 1.94. The Labute approximate surface area is 179 Å². The maximum atomic E-state index is 12.2. The Hall–Kier alpha value is -2.53. The fourth-order valence-corrected chi connectivity index (χ4v) is 4.84. The van der Waals surface area contributed by atoms with Gasteiger partial charge in [-0.2, -0.15) is 0 Å². The average Bonchev–Trinajstić information content (AvgIpc) is 3.21. The first-order valence-corrected chi connectivity index (χ1v) is 11.0. The van der Waals surface area contributed by atoms with Gasteiger partial charge in [-0.25, -0.2) is 0 Å². The van der Waals surface area contributed by atoms with E-state index < -0.39 is 0 Å². The first-order valence-electron chi connectivity index (χ1n) is 11.0. The largest absolute Gasteiger partial charge is 0.497 e. The van der Waals surface area contributed by atoms with Gasteiger partial charge in [0.15, 0.2) is 0 Å². The predicted octanol–water partition coefficient (Wildman–Crippen LogP) is 4.21. The number of nitrogens with zero attached hydrogens (tertiary/aromatic N) is 2. The van der Waals surface area contributed by atoms with Crippen LogP contribution in [0.3, 0.4) is 0 Å². The van der Waals surface area contributed by atoms with Crippen LogP contribution in [0.4, 0.5) is 0 Å². The van der Waals surface area contributed by atoms with E-state index in [0.717, 1.165) is 62.5 Å². The van der Waals surface area contributed by atoms with Crippen molar-refractivity contribution in [1.29, 1.82) is 0 Å². The molecule has 160 valence electrons. The van der Waals surface area contributed by atoms with Crippen LogP contribution in [0.15, 0.2) is 42.5 Å². The molecule has 1 saturated heterocycles. The molecule has 2 aromatic carbocycles. The van der Waals surface area contributed by atoms with Crippen molar-refractivity contribution in [2.45, 2.75) is 44.7 Å². The first-order chi connectivity index (χ1) is 14.7. The third-order valence-corrected chi connectivity index (χ3v) is 6.47. The van der Waals surface area contributed by atoms with E-state index in [0.29, 0.717) is 18.4 Å². The number of ether oxygens (including phenoxy) is 2. The van der Waals surface area contributed by atoms with Gasteiger partial charge in [0, 0.05) is 50.3 Å². The van der Waals surface area contributed by atoms with E-state index in [-0.39, 0.29) is 0 Å². The molecule has 5 heteroatoms. The van der Waals surface area contributed by atoms with Crippen LogP contribution in [-0.2, 0) is 17.8 Å². The second-order valence-electron chi connectivity index (χ2n) is 8.24. The number of likely N-dealkylation sites (tertiary alicyclic amines) is 1. The van der Waals surface area contributed by atoms with Crippen LogP contribution >= 0.6 is 0 Å². The summed E-state index contributed by atoms with van der Waals surface area (Å²) in [6.07, 6.45) is 5.16. The van der Waals surface area contributed by atoms with Crippen molar-refractivity contribution in [3.63, 3.8) is 0 Å². The minimum absolute atomic E-state index is 0.293. The SMILES string of the molecule is COc1ccc(CN(CCN2CCCC2=O)C2CCCc3ccccc32)c(OC)c1. The summed E-state index contributed by atoms with van der Waals surface area (Å²) >= 11 is 0. The molecule has 1 amide bonds. The summed E-state index contributed by atoms with van der Waals surface area (Å²) in [5.41, 5.74) is 4.04. The highest BCUT2D eigenvalue weighted by Crippen LogP contribution is 2.36. The number of amides is 1. The van der Waals surface area contributed by atoms with E-state index in [1.807, 2.05) is 17.0 Å². The lowest BCUT2D eigenvalue weighted by molar-refractivity contribution is -0.128. The van der Waals surface area contributed by atoms with Gasteiger partial charge in [-0.05, 0) is 42.9 Å². The smallest absolute Gasteiger partial charge is 0.222 e. The summed E-state index contributed by atoms with van der Waals surface area (Å²) in [6.45, 7) is 3.32. The highest BCUT2D eigenvalue weighted by Gasteiger charge is 2.28. The van der Waals surface area contributed by atoms with Crippen LogP contribution in [0.25, 0.3) is 0 Å². The van der Waals surface area contributed by atoms with Gasteiger partial charge in [0.25, 0.3) is 0 Å². The quantitative estimate of drug-likeness (QED) is 0.656. The Morgan fingerprint density at radius 1 is 1.07 bits per heavy atom. The van der Waals surface area contributed by atoms with E-state index in [2.05, 4.69) is 35.2 Å². The molecule has 2 aromatic rings. The van der Waals surface area contributed by atoms with Gasteiger partial charge >= 0.3 is 0 Å². The van der Waals surface area contributed by atoms with E-state index in [1.54, 1.807) is 14.2 Å². The first kappa shape index (κ1) is 20.7. The molecule has 0 N–H and O–H groups in total. The zero-order chi connectivity index (χ0) is 20.9. The van der Waals surface area contributed by atoms with Crippen molar-refractivity contribution in [2.24, 2.45) is 0 Å². The van der Waals surface area contributed by atoms with Crippen molar-refractivity contribution >= 4 is 5.91 Å². The number of benzene rings is 2. The third kappa shape index (κ3) is 4.46. The lowest BCUT2D eigenvalue weighted by atomic mass is 9.86. The highest BCUT2D eigenvalue weighted by atomic mass is 16.5. The average molecular weight is 409 g/mol. The van der Waals surface area contributed by atoms with Crippen LogP contribution in [0.2, 0.25) is 0 Å². The monoisotopic (exact) mass is 408 g/mol. The molecule has 2 aliphatic rings. The number of hydrogen-bond donors (Lipinski definition) is 0. The number of aryl methyl sites for hydroxylation is 1. The Kier molecular flexibility index (Phi) is 6.58. The maximum Gasteiger partial charge on any atom is 0.222 e. The molecule has 0 saturated carbocycles. The molecule has 1 heterocycles. The summed E-state index contributed by atoms with van der Waals surface area (Å²) in [4.78, 5) is 16.7. The summed E-state index contributed by atoms with van der Waals surface area (Å²) < 4.78 is 11.0. The molecule has 0 spiro atoms. The van der Waals surface area contributed by atoms with Gasteiger partial charge in [-0.1, -0.05) is 30.3 Å². The van der Waals surface area contributed by atoms with Crippen LogP contribution in [0.5, 0.6) is 11.5 Å². The molecule has 1 aliphatic carbocycles. The van der Waals surface area contributed by atoms with E-state index in [4.69, 9.17) is 9.47 Å². The lowest BCUT2D eigenvalue weighted by Gasteiger charge is -2.37. The highest BCUT2D eigenvalue weighted by molar-refractivity contribution is 5.78. The minimum atomic E-state index is 0.293. The van der Waals surface area contributed by atoms with Crippen LogP contribution < -0.4 is 9.47 Å². The molecule has 1 unspecified atom stereocenters. The van der Waals surface area contributed by atoms with E-state index in [9.17, 15) is 4.79 Å². The van der Waals surface area contributed by atoms with Crippen molar-refractivity contribution in [3.8, 4) is 11.5 Å². The summed E-state index contributed by atoms with van der Waals surface area (Å²) in [6, 6.07) is 15.2. The van der Waals surface area contributed by atoms with Crippen molar-refractivity contribution in [2.75, 3.05) is 33.9 Å². The number of hydrogen-bond acceptors (Lipinski definition) is 4. The number of methoxy groups -OCH3 is 2. The minimum Gasteiger partial charge on any atom is -0.497 e. The predicted molar refractivity (Wildman–Crippen MR) is 118 cm³/mol. The second-order valence-corrected chi connectivity index (χ2v) is 8.24. The van der Waals surface area contributed by atoms with Gasteiger partial charge in [0.1, 0.15) is 11.5 Å². The van der Waals surface area contributed by atoms with Crippen LogP contribution in [-0.4, -0.2) is 49.6 Å². The normalized spacial score (nSPS) is 18.6. The van der Waals surface area contributed by atoms with Crippen molar-refractivity contribution in [3.05, 3.63) is 59.2 Å². The number of carbonyl (C=O) groups excluding carboxylic acids is 1. The third-order valence-electron chi connectivity index (χ3n) is 6.47. The second kappa shape index (κ2) is 9.52. The van der Waals surface area contributed by atoms with Gasteiger partial charge in [-0.15, -0.1) is 0 Å². The van der Waals surface area contributed by atoms with Gasteiger partial charge in [-0.3, -0.25) is 9.69 Å². The topological polar surface area (TPSA) is 42.0 Å². The van der Waals surface area contributed by atoms with Gasteiger partial charge in [0.05, 0.1) is 14.2 Å². The fourth-order valence-electron chi connectivity index (χ4n) is 4.84. The summed E-state index contributed by atoms with van der Waals surface area (Å²) in [7, 11) is 3.38. The lowest BCUT2D eigenvalue weighted by Crippen LogP contribution is -2.38. The molecular formula is C25H32N2O3.